The van der Waals surface area contributed by atoms with Crippen molar-refractivity contribution in [1.82, 2.24) is 0 Å². The third kappa shape index (κ3) is 1.50. The number of allylic oxidation sites excluding steroid dienone is 1. The number of hydrogen-bond donors (Lipinski definition) is 1. The minimum absolute atomic E-state index is 0.855. The molecule has 2 N–H and O–H groups in total. The third-order valence-corrected chi connectivity index (χ3v) is 1.99. The second-order valence-corrected chi connectivity index (χ2v) is 3.32. The van der Waals surface area contributed by atoms with E-state index < -0.39 is 0 Å². The van der Waals surface area contributed by atoms with Crippen molar-refractivity contribution in [3.05, 3.63) is 35.4 Å². The van der Waals surface area contributed by atoms with Gasteiger partial charge in [-0.25, -0.2) is 0 Å². The zero-order valence-electron chi connectivity index (χ0n) is 7.94. The van der Waals surface area contributed by atoms with Crippen LogP contribution in [0.15, 0.2) is 18.7 Å². The first kappa shape index (κ1) is 8.85. The van der Waals surface area contributed by atoms with Crippen LogP contribution in [0.5, 0.6) is 0 Å². The van der Waals surface area contributed by atoms with E-state index in [0.717, 1.165) is 22.4 Å². The predicted molar refractivity (Wildman–Crippen MR) is 55.0 cm³/mol. The van der Waals surface area contributed by atoms with Crippen molar-refractivity contribution < 1.29 is 0 Å². The lowest BCUT2D eigenvalue weighted by atomic mass is 10.0. The first-order chi connectivity index (χ1) is 5.52. The molecule has 1 aromatic rings. The molecule has 1 heteroatoms. The molecule has 0 aliphatic rings. The smallest absolute Gasteiger partial charge is 0.0420 e. The molecule has 0 saturated carbocycles. The van der Waals surface area contributed by atoms with E-state index in [9.17, 15) is 0 Å². The molecule has 1 aromatic carbocycles. The Balaban J connectivity index is 3.37. The molecule has 0 atom stereocenters. The normalized spacial score (nSPS) is 9.92. The molecule has 0 unspecified atom stereocenters. The highest BCUT2D eigenvalue weighted by Crippen LogP contribution is 2.24. The lowest BCUT2D eigenvalue weighted by molar-refractivity contribution is 1.36. The highest BCUT2D eigenvalue weighted by molar-refractivity contribution is 5.75. The minimum Gasteiger partial charge on any atom is -0.398 e. The van der Waals surface area contributed by atoms with E-state index in [4.69, 9.17) is 5.73 Å². The van der Waals surface area contributed by atoms with Crippen molar-refractivity contribution in [3.8, 4) is 0 Å². The SMILES string of the molecule is C=C(C)c1cc(C)cc(C)c1N. The summed E-state index contributed by atoms with van der Waals surface area (Å²) in [6, 6.07) is 4.16. The second-order valence-electron chi connectivity index (χ2n) is 3.32. The molecule has 0 heterocycles. The molecule has 0 fully saturated rings. The number of aryl methyl sites for hydroxylation is 2. The van der Waals surface area contributed by atoms with Gasteiger partial charge in [-0.1, -0.05) is 18.2 Å². The van der Waals surface area contributed by atoms with Crippen molar-refractivity contribution in [1.29, 1.82) is 0 Å². The van der Waals surface area contributed by atoms with E-state index in [1.165, 1.54) is 5.56 Å². The molecule has 1 nitrogen and oxygen atoms in total. The average molecular weight is 161 g/mol. The van der Waals surface area contributed by atoms with Gasteiger partial charge in [-0.2, -0.15) is 0 Å². The lowest BCUT2D eigenvalue weighted by Gasteiger charge is -2.09. The van der Waals surface area contributed by atoms with Gasteiger partial charge in [0.05, 0.1) is 0 Å². The number of nitrogen functional groups attached to an aromatic ring is 1. The van der Waals surface area contributed by atoms with Gasteiger partial charge in [0.1, 0.15) is 0 Å². The number of hydrogen-bond acceptors (Lipinski definition) is 1. The topological polar surface area (TPSA) is 26.0 Å². The number of anilines is 1. The van der Waals surface area contributed by atoms with Crippen LogP contribution in [0.3, 0.4) is 0 Å². The van der Waals surface area contributed by atoms with Gasteiger partial charge in [-0.15, -0.1) is 0 Å². The Hall–Kier alpha value is -1.24. The van der Waals surface area contributed by atoms with Crippen molar-refractivity contribution in [2.45, 2.75) is 20.8 Å². The molecule has 64 valence electrons. The molecule has 0 aliphatic heterocycles. The summed E-state index contributed by atoms with van der Waals surface area (Å²) in [5.41, 5.74) is 11.2. The van der Waals surface area contributed by atoms with Crippen LogP contribution in [0, 0.1) is 13.8 Å². The summed E-state index contributed by atoms with van der Waals surface area (Å²) >= 11 is 0. The van der Waals surface area contributed by atoms with Gasteiger partial charge < -0.3 is 5.73 Å². The van der Waals surface area contributed by atoms with Crippen LogP contribution in [0.1, 0.15) is 23.6 Å². The van der Waals surface area contributed by atoms with Crippen LogP contribution in [-0.2, 0) is 0 Å². The van der Waals surface area contributed by atoms with Gasteiger partial charge in [-0.3, -0.25) is 0 Å². The fourth-order valence-corrected chi connectivity index (χ4v) is 1.33. The van der Waals surface area contributed by atoms with Gasteiger partial charge in [0.15, 0.2) is 0 Å². The molecular formula is C11H15N. The predicted octanol–water partition coefficient (Wildman–Crippen LogP) is 2.92. The van der Waals surface area contributed by atoms with E-state index in [-0.39, 0.29) is 0 Å². The fourth-order valence-electron chi connectivity index (χ4n) is 1.33. The number of rotatable bonds is 1. The summed E-state index contributed by atoms with van der Waals surface area (Å²) in [4.78, 5) is 0. The number of nitrogens with two attached hydrogens (primary N) is 1. The molecule has 1 rings (SSSR count). The Morgan fingerprint density at radius 1 is 1.33 bits per heavy atom. The molecule has 0 bridgehead atoms. The molecular weight excluding hydrogens is 146 g/mol. The summed E-state index contributed by atoms with van der Waals surface area (Å²) in [5.74, 6) is 0. The maximum absolute atomic E-state index is 5.89. The Labute approximate surface area is 73.9 Å². The molecule has 12 heavy (non-hydrogen) atoms. The van der Waals surface area contributed by atoms with Crippen molar-refractivity contribution in [2.24, 2.45) is 0 Å². The van der Waals surface area contributed by atoms with Crippen LogP contribution >= 0.6 is 0 Å². The van der Waals surface area contributed by atoms with Crippen LogP contribution in [0.25, 0.3) is 5.57 Å². The highest BCUT2D eigenvalue weighted by Gasteiger charge is 2.02. The summed E-state index contributed by atoms with van der Waals surface area (Å²) in [6.45, 7) is 9.96. The van der Waals surface area contributed by atoms with E-state index in [1.54, 1.807) is 0 Å². The molecule has 0 spiro atoms. The summed E-state index contributed by atoms with van der Waals surface area (Å²) < 4.78 is 0. The first-order valence-electron chi connectivity index (χ1n) is 4.05. The Bertz CT molecular complexity index is 324. The maximum atomic E-state index is 5.89. The van der Waals surface area contributed by atoms with Crippen LogP contribution in [0.4, 0.5) is 5.69 Å². The minimum atomic E-state index is 0.855. The zero-order valence-corrected chi connectivity index (χ0v) is 7.94. The lowest BCUT2D eigenvalue weighted by Crippen LogP contribution is -1.96. The highest BCUT2D eigenvalue weighted by atomic mass is 14.6. The standard InChI is InChI=1S/C11H15N/c1-7(2)10-6-8(3)5-9(4)11(10)12/h5-6H,1,12H2,2-4H3. The Kier molecular flexibility index (Phi) is 2.22. The average Bonchev–Trinajstić information content (AvgIpc) is 1.96. The van der Waals surface area contributed by atoms with Crippen molar-refractivity contribution >= 4 is 11.3 Å². The first-order valence-corrected chi connectivity index (χ1v) is 4.05. The van der Waals surface area contributed by atoms with Crippen LogP contribution in [0.2, 0.25) is 0 Å². The summed E-state index contributed by atoms with van der Waals surface area (Å²) in [6.07, 6.45) is 0. The van der Waals surface area contributed by atoms with E-state index in [1.807, 2.05) is 13.8 Å². The van der Waals surface area contributed by atoms with Gasteiger partial charge in [0.25, 0.3) is 0 Å². The van der Waals surface area contributed by atoms with Crippen molar-refractivity contribution in [2.75, 3.05) is 5.73 Å². The largest absolute Gasteiger partial charge is 0.398 e. The zero-order chi connectivity index (χ0) is 9.30. The molecule has 0 aliphatic carbocycles. The van der Waals surface area contributed by atoms with E-state index >= 15 is 0 Å². The second kappa shape index (κ2) is 3.02. The van der Waals surface area contributed by atoms with E-state index in [0.29, 0.717) is 0 Å². The van der Waals surface area contributed by atoms with Gasteiger partial charge in [0, 0.05) is 11.3 Å². The molecule has 0 radical (unpaired) electrons. The quantitative estimate of drug-likeness (QED) is 0.630. The maximum Gasteiger partial charge on any atom is 0.0420 e. The summed E-state index contributed by atoms with van der Waals surface area (Å²) in [5, 5.41) is 0. The van der Waals surface area contributed by atoms with E-state index in [2.05, 4.69) is 25.6 Å². The Morgan fingerprint density at radius 3 is 2.42 bits per heavy atom. The van der Waals surface area contributed by atoms with Gasteiger partial charge >= 0.3 is 0 Å². The molecule has 0 aromatic heterocycles. The van der Waals surface area contributed by atoms with Crippen LogP contribution in [-0.4, -0.2) is 0 Å². The third-order valence-electron chi connectivity index (χ3n) is 1.99. The Morgan fingerprint density at radius 2 is 1.92 bits per heavy atom. The van der Waals surface area contributed by atoms with Crippen LogP contribution < -0.4 is 5.73 Å². The fraction of sp³-hybridized carbons (Fsp3) is 0.273. The van der Waals surface area contributed by atoms with Gasteiger partial charge in [-0.05, 0) is 38.0 Å². The number of benzene rings is 1. The summed E-state index contributed by atoms with van der Waals surface area (Å²) in [7, 11) is 0. The molecule has 0 amide bonds. The van der Waals surface area contributed by atoms with Crippen molar-refractivity contribution in [3.63, 3.8) is 0 Å². The molecule has 0 saturated heterocycles. The monoisotopic (exact) mass is 161 g/mol. The van der Waals surface area contributed by atoms with Gasteiger partial charge in [0.2, 0.25) is 0 Å².